The summed E-state index contributed by atoms with van der Waals surface area (Å²) >= 11 is 0. The van der Waals surface area contributed by atoms with Crippen molar-refractivity contribution in [3.63, 3.8) is 0 Å². The maximum atomic E-state index is 13.1. The van der Waals surface area contributed by atoms with Crippen LogP contribution in [0.3, 0.4) is 0 Å². The Morgan fingerprint density at radius 2 is 1.97 bits per heavy atom. The summed E-state index contributed by atoms with van der Waals surface area (Å²) in [7, 11) is 0. The molecule has 0 bridgehead atoms. The number of aromatic nitrogens is 1. The first kappa shape index (κ1) is 20.0. The molecular formula is C25H26N2O3. The number of amides is 1. The molecule has 0 spiro atoms. The van der Waals surface area contributed by atoms with E-state index in [9.17, 15) is 4.79 Å². The number of benzene rings is 2. The number of aryl methyl sites for hydroxylation is 3. The van der Waals surface area contributed by atoms with Gasteiger partial charge in [0.1, 0.15) is 16.8 Å². The maximum absolute atomic E-state index is 13.1. The summed E-state index contributed by atoms with van der Waals surface area (Å²) in [6, 6.07) is 11.6. The lowest BCUT2D eigenvalue weighted by Crippen LogP contribution is -2.12. The number of unbranched alkanes of at least 4 members (excludes halogenated alkanes) is 1. The third kappa shape index (κ3) is 3.63. The van der Waals surface area contributed by atoms with Crippen LogP contribution in [0.25, 0.3) is 21.9 Å². The Morgan fingerprint density at radius 1 is 1.13 bits per heavy atom. The van der Waals surface area contributed by atoms with Crippen LogP contribution in [0.2, 0.25) is 0 Å². The van der Waals surface area contributed by atoms with Gasteiger partial charge in [0.05, 0.1) is 12.3 Å². The van der Waals surface area contributed by atoms with Gasteiger partial charge in [-0.1, -0.05) is 19.4 Å². The van der Waals surface area contributed by atoms with Gasteiger partial charge < -0.3 is 14.5 Å². The minimum atomic E-state index is -0.273. The summed E-state index contributed by atoms with van der Waals surface area (Å²) < 4.78 is 11.9. The van der Waals surface area contributed by atoms with Crippen molar-refractivity contribution in [1.82, 2.24) is 4.98 Å². The number of anilines is 1. The molecule has 30 heavy (non-hydrogen) atoms. The number of nitrogens with one attached hydrogen (secondary N) is 1. The fraction of sp³-hybridized carbons (Fsp3) is 0.280. The first-order chi connectivity index (χ1) is 14.5. The molecule has 0 aliphatic rings. The molecule has 0 unspecified atom stereocenters. The predicted molar refractivity (Wildman–Crippen MR) is 121 cm³/mol. The Bertz CT molecular complexity index is 1240. The number of nitrogens with zero attached hydrogens (tertiary/aromatic N) is 1. The number of hydrogen-bond acceptors (Lipinski definition) is 4. The number of carbonyl (C=O) groups is 1. The molecule has 4 aromatic rings. The van der Waals surface area contributed by atoms with Crippen LogP contribution in [0.15, 0.2) is 47.0 Å². The monoisotopic (exact) mass is 402 g/mol. The highest BCUT2D eigenvalue weighted by atomic mass is 16.5. The van der Waals surface area contributed by atoms with E-state index in [1.54, 1.807) is 6.20 Å². The molecule has 2 aromatic carbocycles. The van der Waals surface area contributed by atoms with Crippen molar-refractivity contribution in [1.29, 1.82) is 0 Å². The molecule has 0 fully saturated rings. The van der Waals surface area contributed by atoms with Gasteiger partial charge in [0.2, 0.25) is 0 Å². The molecule has 154 valence electrons. The second-order valence-corrected chi connectivity index (χ2v) is 7.68. The summed E-state index contributed by atoms with van der Waals surface area (Å²) in [5, 5.41) is 4.81. The Labute approximate surface area is 176 Å². The zero-order valence-electron chi connectivity index (χ0n) is 17.8. The number of hydrogen-bond donors (Lipinski definition) is 1. The van der Waals surface area contributed by atoms with E-state index in [2.05, 4.69) is 29.4 Å². The molecule has 0 aliphatic carbocycles. The van der Waals surface area contributed by atoms with Crippen LogP contribution >= 0.6 is 0 Å². The third-order valence-corrected chi connectivity index (χ3v) is 5.31. The van der Waals surface area contributed by atoms with E-state index < -0.39 is 0 Å². The molecule has 0 atom stereocenters. The minimum Gasteiger partial charge on any atom is -0.491 e. The first-order valence-corrected chi connectivity index (χ1v) is 10.3. The van der Waals surface area contributed by atoms with Crippen LogP contribution in [0, 0.1) is 20.8 Å². The predicted octanol–water partition coefficient (Wildman–Crippen LogP) is 6.34. The second kappa shape index (κ2) is 8.19. The number of ether oxygens (including phenoxy) is 1. The number of fused-ring (bicyclic) bond motifs is 2. The van der Waals surface area contributed by atoms with E-state index in [0.717, 1.165) is 57.2 Å². The van der Waals surface area contributed by atoms with Gasteiger partial charge in [-0.05, 0) is 68.7 Å². The van der Waals surface area contributed by atoms with Crippen molar-refractivity contribution in [2.75, 3.05) is 11.9 Å². The topological polar surface area (TPSA) is 64.4 Å². The molecule has 1 amide bonds. The van der Waals surface area contributed by atoms with Crippen LogP contribution in [0.5, 0.6) is 5.75 Å². The average molecular weight is 402 g/mol. The summed E-state index contributed by atoms with van der Waals surface area (Å²) in [6.45, 7) is 8.73. The highest BCUT2D eigenvalue weighted by Gasteiger charge is 2.20. The lowest BCUT2D eigenvalue weighted by atomic mass is 10.1. The molecule has 4 rings (SSSR count). The van der Waals surface area contributed by atoms with Gasteiger partial charge in [0.15, 0.2) is 5.76 Å². The van der Waals surface area contributed by atoms with Crippen molar-refractivity contribution < 1.29 is 13.9 Å². The average Bonchev–Trinajstić information content (AvgIpc) is 3.06. The van der Waals surface area contributed by atoms with E-state index in [1.165, 1.54) is 0 Å². The Hall–Kier alpha value is -3.34. The van der Waals surface area contributed by atoms with E-state index in [-0.39, 0.29) is 5.91 Å². The maximum Gasteiger partial charge on any atom is 0.291 e. The normalized spacial score (nSPS) is 11.2. The largest absolute Gasteiger partial charge is 0.491 e. The van der Waals surface area contributed by atoms with Gasteiger partial charge in [0.25, 0.3) is 5.91 Å². The lowest BCUT2D eigenvalue weighted by molar-refractivity contribution is 0.0998. The zero-order valence-corrected chi connectivity index (χ0v) is 17.8. The quantitative estimate of drug-likeness (QED) is 0.382. The highest BCUT2D eigenvalue weighted by molar-refractivity contribution is 6.10. The standard InChI is InChI=1S/C25H26N2O3/c1-5-6-12-29-21-10-9-20(18-8-7-11-26-22(18)21)27-25(28)24-17(4)19-14-15(2)13-16(3)23(19)30-24/h7-11,13-14H,5-6,12H2,1-4H3,(H,27,28). The van der Waals surface area contributed by atoms with Gasteiger partial charge in [0, 0.05) is 22.5 Å². The zero-order chi connectivity index (χ0) is 21.3. The van der Waals surface area contributed by atoms with Gasteiger partial charge in [-0.2, -0.15) is 0 Å². The SMILES string of the molecule is CCCCOc1ccc(NC(=O)c2oc3c(C)cc(C)cc3c2C)c2cccnc12. The Kier molecular flexibility index (Phi) is 5.44. The molecule has 0 aliphatic heterocycles. The first-order valence-electron chi connectivity index (χ1n) is 10.3. The third-order valence-electron chi connectivity index (χ3n) is 5.31. The molecule has 2 heterocycles. The summed E-state index contributed by atoms with van der Waals surface area (Å²) in [6.07, 6.45) is 3.78. The Morgan fingerprint density at radius 3 is 2.77 bits per heavy atom. The van der Waals surface area contributed by atoms with Crippen LogP contribution in [0.4, 0.5) is 5.69 Å². The number of carbonyl (C=O) groups excluding carboxylic acids is 1. The molecule has 2 aromatic heterocycles. The number of pyridine rings is 1. The van der Waals surface area contributed by atoms with E-state index in [1.807, 2.05) is 45.0 Å². The van der Waals surface area contributed by atoms with Gasteiger partial charge in [-0.25, -0.2) is 0 Å². The van der Waals surface area contributed by atoms with E-state index in [0.29, 0.717) is 18.1 Å². The molecule has 0 saturated carbocycles. The Balaban J connectivity index is 1.69. The summed E-state index contributed by atoms with van der Waals surface area (Å²) in [4.78, 5) is 17.6. The molecule has 1 N–H and O–H groups in total. The molecule has 5 nitrogen and oxygen atoms in total. The summed E-state index contributed by atoms with van der Waals surface area (Å²) in [5.41, 5.74) is 5.19. The fourth-order valence-corrected chi connectivity index (χ4v) is 3.76. The van der Waals surface area contributed by atoms with Crippen molar-refractivity contribution in [2.45, 2.75) is 40.5 Å². The van der Waals surface area contributed by atoms with E-state index in [4.69, 9.17) is 9.15 Å². The second-order valence-electron chi connectivity index (χ2n) is 7.68. The van der Waals surface area contributed by atoms with Crippen LogP contribution < -0.4 is 10.1 Å². The van der Waals surface area contributed by atoms with Crippen LogP contribution in [0.1, 0.15) is 47.0 Å². The molecular weight excluding hydrogens is 376 g/mol. The number of furan rings is 1. The fourth-order valence-electron chi connectivity index (χ4n) is 3.76. The minimum absolute atomic E-state index is 0.273. The molecule has 5 heteroatoms. The van der Waals surface area contributed by atoms with Gasteiger partial charge >= 0.3 is 0 Å². The van der Waals surface area contributed by atoms with Crippen molar-refractivity contribution in [3.05, 3.63) is 65.0 Å². The van der Waals surface area contributed by atoms with Crippen molar-refractivity contribution >= 4 is 33.5 Å². The summed E-state index contributed by atoms with van der Waals surface area (Å²) in [5.74, 6) is 0.785. The van der Waals surface area contributed by atoms with Crippen molar-refractivity contribution in [3.8, 4) is 5.75 Å². The molecule has 0 radical (unpaired) electrons. The molecule has 0 saturated heterocycles. The van der Waals surface area contributed by atoms with Crippen LogP contribution in [-0.2, 0) is 0 Å². The van der Waals surface area contributed by atoms with Crippen LogP contribution in [-0.4, -0.2) is 17.5 Å². The number of rotatable bonds is 6. The lowest BCUT2D eigenvalue weighted by Gasteiger charge is -2.12. The van der Waals surface area contributed by atoms with Gasteiger partial charge in [-0.3, -0.25) is 9.78 Å². The smallest absolute Gasteiger partial charge is 0.291 e. The highest BCUT2D eigenvalue weighted by Crippen LogP contribution is 2.32. The van der Waals surface area contributed by atoms with E-state index >= 15 is 0 Å². The van der Waals surface area contributed by atoms with Gasteiger partial charge in [-0.15, -0.1) is 0 Å². The van der Waals surface area contributed by atoms with Crippen molar-refractivity contribution in [2.24, 2.45) is 0 Å².